The summed E-state index contributed by atoms with van der Waals surface area (Å²) in [6.45, 7) is 6.75. The second-order valence-corrected chi connectivity index (χ2v) is 11.3. The molecule has 0 aromatic heterocycles. The molecular weight excluding hydrogens is 581 g/mol. The average Bonchev–Trinajstić information content (AvgIpc) is 3.10. The lowest BCUT2D eigenvalue weighted by Gasteiger charge is -2.43. The molecular formula is C37H42FN5O3. The van der Waals surface area contributed by atoms with Gasteiger partial charge in [-0.3, -0.25) is 9.59 Å². The Labute approximate surface area is 270 Å². The SMILES string of the molecule is CCOc1c(-c2ccccc2)ccc(N2CCN(C(=O)c3ccc(F)cc3-c3ccc(CN)cc3)CC2CC)c1C(=O)NCCN. The lowest BCUT2D eigenvalue weighted by atomic mass is 9.96. The molecule has 46 heavy (non-hydrogen) atoms. The number of hydrogen-bond acceptors (Lipinski definition) is 6. The number of anilines is 1. The number of nitrogens with one attached hydrogen (secondary N) is 1. The van der Waals surface area contributed by atoms with Gasteiger partial charge in [-0.25, -0.2) is 4.39 Å². The van der Waals surface area contributed by atoms with Crippen LogP contribution >= 0.6 is 0 Å². The fourth-order valence-electron chi connectivity index (χ4n) is 6.08. The van der Waals surface area contributed by atoms with Gasteiger partial charge in [-0.05, 0) is 65.9 Å². The third kappa shape index (κ3) is 6.90. The van der Waals surface area contributed by atoms with Crippen molar-refractivity contribution in [1.29, 1.82) is 0 Å². The maximum Gasteiger partial charge on any atom is 0.257 e. The summed E-state index contributed by atoms with van der Waals surface area (Å²) in [5.41, 5.74) is 17.2. The van der Waals surface area contributed by atoms with Crippen LogP contribution in [0.15, 0.2) is 84.9 Å². The number of rotatable bonds is 11. The molecule has 5 N–H and O–H groups in total. The van der Waals surface area contributed by atoms with Crippen LogP contribution in [0.4, 0.5) is 10.1 Å². The standard InChI is InChI=1S/C37H42FN5O3/c1-3-29-24-42(37(45)31-15-14-28(38)22-32(31)27-12-10-25(23-40)11-13-27)20-21-43(29)33-17-16-30(26-8-6-5-7-9-26)35(46-4-2)34(33)36(44)41-19-18-39/h5-17,22,29H,3-4,18-21,23-24,39-40H2,1-2H3,(H,41,44). The number of carbonyl (C=O) groups is 2. The van der Waals surface area contributed by atoms with E-state index < -0.39 is 5.82 Å². The van der Waals surface area contributed by atoms with E-state index in [1.54, 1.807) is 6.07 Å². The van der Waals surface area contributed by atoms with E-state index in [1.807, 2.05) is 78.6 Å². The summed E-state index contributed by atoms with van der Waals surface area (Å²) in [6.07, 6.45) is 0.731. The van der Waals surface area contributed by atoms with Crippen LogP contribution in [0.2, 0.25) is 0 Å². The first-order valence-electron chi connectivity index (χ1n) is 15.9. The summed E-state index contributed by atoms with van der Waals surface area (Å²) in [4.78, 5) is 31.8. The molecule has 0 radical (unpaired) electrons. The number of amides is 2. The third-order valence-electron chi connectivity index (χ3n) is 8.43. The summed E-state index contributed by atoms with van der Waals surface area (Å²) in [5, 5.41) is 2.95. The van der Waals surface area contributed by atoms with E-state index in [0.29, 0.717) is 68.3 Å². The molecule has 8 nitrogen and oxygen atoms in total. The highest BCUT2D eigenvalue weighted by molar-refractivity contribution is 6.05. The normalized spacial score (nSPS) is 14.7. The Kier molecular flexibility index (Phi) is 10.7. The molecule has 0 spiro atoms. The minimum atomic E-state index is -0.407. The number of hydrogen-bond donors (Lipinski definition) is 3. The summed E-state index contributed by atoms with van der Waals surface area (Å²) < 4.78 is 20.6. The van der Waals surface area contributed by atoms with E-state index in [2.05, 4.69) is 17.1 Å². The highest BCUT2D eigenvalue weighted by Gasteiger charge is 2.34. The third-order valence-corrected chi connectivity index (χ3v) is 8.43. The number of piperazine rings is 1. The molecule has 1 aliphatic heterocycles. The molecule has 1 unspecified atom stereocenters. The summed E-state index contributed by atoms with van der Waals surface area (Å²) in [6, 6.07) is 25.6. The van der Waals surface area contributed by atoms with Crippen molar-refractivity contribution in [2.45, 2.75) is 32.9 Å². The smallest absolute Gasteiger partial charge is 0.257 e. The lowest BCUT2D eigenvalue weighted by Crippen LogP contribution is -2.55. The topological polar surface area (TPSA) is 114 Å². The van der Waals surface area contributed by atoms with Crippen LogP contribution in [0.1, 0.15) is 46.5 Å². The Balaban J connectivity index is 1.49. The highest BCUT2D eigenvalue weighted by atomic mass is 19.1. The number of halogens is 1. The fraction of sp³-hybridized carbons (Fsp3) is 0.297. The minimum absolute atomic E-state index is 0.0800. The van der Waals surface area contributed by atoms with E-state index in [0.717, 1.165) is 34.4 Å². The summed E-state index contributed by atoms with van der Waals surface area (Å²) in [5.74, 6) is -0.307. The van der Waals surface area contributed by atoms with Gasteiger partial charge in [0.15, 0.2) is 0 Å². The molecule has 1 fully saturated rings. The monoisotopic (exact) mass is 623 g/mol. The van der Waals surface area contributed by atoms with Gasteiger partial charge in [-0.1, -0.05) is 61.5 Å². The van der Waals surface area contributed by atoms with Crippen molar-refractivity contribution in [2.75, 3.05) is 44.2 Å². The lowest BCUT2D eigenvalue weighted by molar-refractivity contribution is 0.0720. The Morgan fingerprint density at radius 2 is 1.65 bits per heavy atom. The van der Waals surface area contributed by atoms with Gasteiger partial charge < -0.3 is 31.3 Å². The molecule has 0 bridgehead atoms. The Morgan fingerprint density at radius 3 is 2.33 bits per heavy atom. The molecule has 4 aromatic carbocycles. The molecule has 2 amide bonds. The first-order valence-corrected chi connectivity index (χ1v) is 15.9. The van der Waals surface area contributed by atoms with Crippen LogP contribution in [0.5, 0.6) is 5.75 Å². The van der Waals surface area contributed by atoms with E-state index in [-0.39, 0.29) is 17.9 Å². The average molecular weight is 624 g/mol. The molecule has 0 aliphatic carbocycles. The van der Waals surface area contributed by atoms with Gasteiger partial charge in [-0.15, -0.1) is 0 Å². The predicted octanol–water partition coefficient (Wildman–Crippen LogP) is 5.45. The van der Waals surface area contributed by atoms with E-state index in [9.17, 15) is 14.0 Å². The van der Waals surface area contributed by atoms with Crippen molar-refractivity contribution in [3.63, 3.8) is 0 Å². The van der Waals surface area contributed by atoms with E-state index in [4.69, 9.17) is 16.2 Å². The van der Waals surface area contributed by atoms with Gasteiger partial charge in [0.1, 0.15) is 17.1 Å². The minimum Gasteiger partial charge on any atom is -0.492 e. The van der Waals surface area contributed by atoms with Crippen LogP contribution < -0.4 is 26.4 Å². The molecule has 0 saturated carbocycles. The zero-order valence-corrected chi connectivity index (χ0v) is 26.5. The van der Waals surface area contributed by atoms with Crippen molar-refractivity contribution in [1.82, 2.24) is 10.2 Å². The first kappa shape index (κ1) is 32.7. The highest BCUT2D eigenvalue weighted by Crippen LogP contribution is 2.40. The maximum atomic E-state index is 14.4. The quantitative estimate of drug-likeness (QED) is 0.205. The fourth-order valence-corrected chi connectivity index (χ4v) is 6.08. The predicted molar refractivity (Wildman–Crippen MR) is 181 cm³/mol. The summed E-state index contributed by atoms with van der Waals surface area (Å²) in [7, 11) is 0. The molecule has 1 atom stereocenters. The molecule has 5 rings (SSSR count). The van der Waals surface area contributed by atoms with Gasteiger partial charge in [-0.2, -0.15) is 0 Å². The second-order valence-electron chi connectivity index (χ2n) is 11.3. The summed E-state index contributed by atoms with van der Waals surface area (Å²) >= 11 is 0. The number of carbonyl (C=O) groups excluding carboxylic acids is 2. The zero-order valence-electron chi connectivity index (χ0n) is 26.5. The molecule has 240 valence electrons. The molecule has 1 saturated heterocycles. The Hall–Kier alpha value is -4.73. The van der Waals surface area contributed by atoms with E-state index in [1.165, 1.54) is 12.1 Å². The van der Waals surface area contributed by atoms with Crippen molar-refractivity contribution < 1.29 is 18.7 Å². The number of nitrogens with two attached hydrogens (primary N) is 2. The van der Waals surface area contributed by atoms with Crippen molar-refractivity contribution in [3.8, 4) is 28.0 Å². The zero-order chi connectivity index (χ0) is 32.6. The number of ether oxygens (including phenoxy) is 1. The van der Waals surface area contributed by atoms with Crippen molar-refractivity contribution >= 4 is 17.5 Å². The van der Waals surface area contributed by atoms with Gasteiger partial charge in [0, 0.05) is 56.4 Å². The first-order chi connectivity index (χ1) is 22.4. The van der Waals surface area contributed by atoms with Crippen LogP contribution in [0.3, 0.4) is 0 Å². The van der Waals surface area contributed by atoms with Crippen molar-refractivity contribution in [3.05, 3.63) is 107 Å². The van der Waals surface area contributed by atoms with Crippen LogP contribution in [-0.4, -0.2) is 62.1 Å². The van der Waals surface area contributed by atoms with Gasteiger partial charge in [0.2, 0.25) is 0 Å². The number of benzene rings is 4. The van der Waals surface area contributed by atoms with Crippen LogP contribution in [-0.2, 0) is 6.54 Å². The maximum absolute atomic E-state index is 14.4. The largest absolute Gasteiger partial charge is 0.492 e. The molecule has 4 aromatic rings. The van der Waals surface area contributed by atoms with Crippen LogP contribution in [0.25, 0.3) is 22.3 Å². The van der Waals surface area contributed by atoms with Gasteiger partial charge in [0.25, 0.3) is 11.8 Å². The number of nitrogens with zero attached hydrogens (tertiary/aromatic N) is 2. The molecule has 9 heteroatoms. The van der Waals surface area contributed by atoms with E-state index >= 15 is 0 Å². The van der Waals surface area contributed by atoms with Crippen LogP contribution in [0, 0.1) is 5.82 Å². The molecule has 1 aliphatic rings. The Bertz CT molecular complexity index is 1660. The van der Waals surface area contributed by atoms with Crippen molar-refractivity contribution in [2.24, 2.45) is 11.5 Å². The molecule has 1 heterocycles. The second kappa shape index (κ2) is 15.0. The Morgan fingerprint density at radius 1 is 0.913 bits per heavy atom. The van der Waals surface area contributed by atoms with Gasteiger partial charge >= 0.3 is 0 Å². The van der Waals surface area contributed by atoms with Gasteiger partial charge in [0.05, 0.1) is 12.3 Å².